The first-order valence-corrected chi connectivity index (χ1v) is 17.2. The quantitative estimate of drug-likeness (QED) is 0.133. The molecule has 1 aliphatic rings. The van der Waals surface area contributed by atoms with Crippen LogP contribution in [-0.2, 0) is 37.4 Å². The summed E-state index contributed by atoms with van der Waals surface area (Å²) in [7, 11) is -4.14. The minimum atomic E-state index is -4.14. The van der Waals surface area contributed by atoms with Gasteiger partial charge in [-0.25, -0.2) is 4.79 Å². The van der Waals surface area contributed by atoms with E-state index in [1.54, 1.807) is 13.8 Å². The number of guanidine groups is 1. The summed E-state index contributed by atoms with van der Waals surface area (Å²) in [4.78, 5) is 38.8. The third-order valence-corrected chi connectivity index (χ3v) is 9.53. The molecular weight excluding hydrogens is 624 g/mol. The van der Waals surface area contributed by atoms with Crippen LogP contribution in [0.15, 0.2) is 39.6 Å². The van der Waals surface area contributed by atoms with Crippen molar-refractivity contribution in [3.8, 4) is 5.75 Å². The van der Waals surface area contributed by atoms with E-state index in [0.717, 1.165) is 22.4 Å². The van der Waals surface area contributed by atoms with Crippen LogP contribution in [0.1, 0.15) is 68.4 Å². The molecule has 47 heavy (non-hydrogen) atoms. The molecule has 3 rings (SSSR count). The fourth-order valence-electron chi connectivity index (χ4n) is 5.50. The molecule has 0 saturated heterocycles. The Labute approximate surface area is 277 Å². The Hall–Kier alpha value is -4.33. The normalized spacial score (nSPS) is 14.4. The second kappa shape index (κ2) is 16.0. The number of benzene rings is 2. The predicted molar refractivity (Wildman–Crippen MR) is 180 cm³/mol. The maximum absolute atomic E-state index is 13.4. The lowest BCUT2D eigenvalue weighted by Gasteiger charge is -2.22. The number of nitrogens with zero attached hydrogens (tertiary/aromatic N) is 2. The largest absolute Gasteiger partial charge is 0.487 e. The number of hydrogen-bond donors (Lipinski definition) is 4. The zero-order valence-corrected chi connectivity index (χ0v) is 29.2. The van der Waals surface area contributed by atoms with E-state index in [-0.39, 0.29) is 49.4 Å². The van der Waals surface area contributed by atoms with Gasteiger partial charge in [0.15, 0.2) is 0 Å². The summed E-state index contributed by atoms with van der Waals surface area (Å²) in [6, 6.07) is 8.48. The topological polar surface area (TPSA) is 182 Å². The molecule has 5 N–H and O–H groups in total. The lowest BCUT2D eigenvalue weighted by atomic mass is 9.94. The van der Waals surface area contributed by atoms with Gasteiger partial charge in [0.1, 0.15) is 24.0 Å². The fraction of sp³-hybridized carbons (Fsp3) is 0.515. The van der Waals surface area contributed by atoms with Crippen LogP contribution in [0.5, 0.6) is 5.75 Å². The molecule has 2 aromatic rings. The van der Waals surface area contributed by atoms with Gasteiger partial charge in [0.05, 0.1) is 4.90 Å². The van der Waals surface area contributed by atoms with Crippen LogP contribution in [-0.4, -0.2) is 75.0 Å². The van der Waals surface area contributed by atoms with Crippen molar-refractivity contribution in [3.05, 3.63) is 58.1 Å². The van der Waals surface area contributed by atoms with Crippen molar-refractivity contribution >= 4 is 33.9 Å². The zero-order chi connectivity index (χ0) is 34.9. The van der Waals surface area contributed by atoms with E-state index >= 15 is 0 Å². The zero-order valence-electron chi connectivity index (χ0n) is 28.4. The number of hydrogen-bond acceptors (Lipinski definition) is 7. The Bertz CT molecular complexity index is 1590. The standard InChI is InChI=1S/C33H48N6O7S/c1-8-39(32(42)45-20-25-13-10-9-11-14-25)18-17-35-30(41)27(37-24(5)40)15-12-16-36-31(34)38-47(43,44)29-22(3)21(2)28-26(23(29)4)19-33(6,7)46-28/h9-11,13-14,27H,8,12,15-20H2,1-7H3,(H,35,41)(H,37,40)(H3,34,36,38)/t27-/m0/s1. The third-order valence-electron chi connectivity index (χ3n) is 7.96. The van der Waals surface area contributed by atoms with Crippen LogP contribution >= 0.6 is 0 Å². The van der Waals surface area contributed by atoms with E-state index < -0.39 is 33.7 Å². The van der Waals surface area contributed by atoms with Gasteiger partial charge in [-0.1, -0.05) is 30.3 Å². The Kier molecular flexibility index (Phi) is 12.6. The average molecular weight is 673 g/mol. The number of carbonyl (C=O) groups is 3. The van der Waals surface area contributed by atoms with Crippen molar-refractivity contribution in [2.75, 3.05) is 26.2 Å². The summed E-state index contributed by atoms with van der Waals surface area (Å²) < 4.78 is 42.1. The Morgan fingerprint density at radius 2 is 1.74 bits per heavy atom. The van der Waals surface area contributed by atoms with Crippen LogP contribution in [0.3, 0.4) is 0 Å². The highest BCUT2D eigenvalue weighted by atomic mass is 32.2. The molecule has 0 unspecified atom stereocenters. The van der Waals surface area contributed by atoms with Crippen molar-refractivity contribution in [1.82, 2.24) is 20.9 Å². The van der Waals surface area contributed by atoms with Gasteiger partial charge in [-0.05, 0) is 76.6 Å². The Balaban J connectivity index is 1.53. The van der Waals surface area contributed by atoms with Gasteiger partial charge in [-0.2, -0.15) is 8.42 Å². The van der Waals surface area contributed by atoms with Gasteiger partial charge in [0.2, 0.25) is 17.8 Å². The molecule has 0 fully saturated rings. The molecule has 1 atom stereocenters. The number of ether oxygens (including phenoxy) is 2. The smallest absolute Gasteiger partial charge is 0.410 e. The molecule has 2 aromatic carbocycles. The molecule has 1 aliphatic heterocycles. The SMILES string of the molecule is CCN(CCNC(=O)[C@H](CCCN/C(N)=N/S(=O)(=O)c1c(C)c(C)c2c(c1C)CC(C)(C)O2)NC(C)=O)C(=O)OCc1ccccc1. The summed E-state index contributed by atoms with van der Waals surface area (Å²) in [6.07, 6.45) is 0.693. The number of amides is 3. The van der Waals surface area contributed by atoms with Gasteiger partial charge >= 0.3 is 6.09 Å². The first-order valence-electron chi connectivity index (χ1n) is 15.7. The molecule has 258 valence electrons. The molecular formula is C33H48N6O7S. The number of rotatable bonds is 14. The van der Waals surface area contributed by atoms with E-state index in [1.165, 1.54) is 11.8 Å². The number of nitrogens with two attached hydrogens (primary N) is 1. The van der Waals surface area contributed by atoms with Crippen LogP contribution in [0.25, 0.3) is 0 Å². The van der Waals surface area contributed by atoms with Gasteiger partial charge < -0.3 is 36.1 Å². The molecule has 0 aliphatic carbocycles. The summed E-state index contributed by atoms with van der Waals surface area (Å²) >= 11 is 0. The highest BCUT2D eigenvalue weighted by Gasteiger charge is 2.36. The lowest BCUT2D eigenvalue weighted by Crippen LogP contribution is -2.48. The average Bonchev–Trinajstić information content (AvgIpc) is 3.34. The molecule has 0 spiro atoms. The number of carbonyl (C=O) groups excluding carboxylic acids is 3. The highest BCUT2D eigenvalue weighted by molar-refractivity contribution is 7.90. The molecule has 0 saturated carbocycles. The van der Waals surface area contributed by atoms with Crippen LogP contribution in [0.4, 0.5) is 4.79 Å². The number of nitrogens with one attached hydrogen (secondary N) is 3. The van der Waals surface area contributed by atoms with Crippen molar-refractivity contribution in [3.63, 3.8) is 0 Å². The molecule has 0 bridgehead atoms. The Morgan fingerprint density at radius 1 is 1.06 bits per heavy atom. The first kappa shape index (κ1) is 37.1. The number of likely N-dealkylation sites (N-methyl/N-ethyl adjacent to an activating group) is 1. The van der Waals surface area contributed by atoms with Crippen molar-refractivity contribution in [2.24, 2.45) is 10.1 Å². The second-order valence-electron chi connectivity index (χ2n) is 12.2. The summed E-state index contributed by atoms with van der Waals surface area (Å²) in [6.45, 7) is 13.5. The van der Waals surface area contributed by atoms with Gasteiger partial charge in [0.25, 0.3) is 10.0 Å². The number of sulfonamides is 1. The van der Waals surface area contributed by atoms with Gasteiger partial charge in [0, 0.05) is 45.1 Å². The monoisotopic (exact) mass is 672 g/mol. The van der Waals surface area contributed by atoms with E-state index in [9.17, 15) is 22.8 Å². The maximum Gasteiger partial charge on any atom is 0.410 e. The minimum absolute atomic E-state index is 0.119. The van der Waals surface area contributed by atoms with Crippen LogP contribution in [0, 0.1) is 20.8 Å². The minimum Gasteiger partial charge on any atom is -0.487 e. The van der Waals surface area contributed by atoms with E-state index in [0.29, 0.717) is 30.5 Å². The summed E-state index contributed by atoms with van der Waals surface area (Å²) in [5.74, 6) is -0.351. The second-order valence-corrected chi connectivity index (χ2v) is 13.8. The third kappa shape index (κ3) is 10.1. The van der Waals surface area contributed by atoms with E-state index in [1.807, 2.05) is 58.0 Å². The first-order chi connectivity index (χ1) is 22.1. The van der Waals surface area contributed by atoms with Crippen molar-refractivity contribution < 1.29 is 32.3 Å². The molecule has 0 aromatic heterocycles. The molecule has 0 radical (unpaired) electrons. The van der Waals surface area contributed by atoms with E-state index in [4.69, 9.17) is 15.2 Å². The maximum atomic E-state index is 13.4. The molecule has 3 amide bonds. The fourth-order valence-corrected chi connectivity index (χ4v) is 6.97. The predicted octanol–water partition coefficient (Wildman–Crippen LogP) is 2.98. The Morgan fingerprint density at radius 3 is 2.38 bits per heavy atom. The van der Waals surface area contributed by atoms with Crippen molar-refractivity contribution in [2.45, 2.75) is 90.9 Å². The molecule has 13 nitrogen and oxygen atoms in total. The summed E-state index contributed by atoms with van der Waals surface area (Å²) in [5, 5.41) is 8.19. The number of fused-ring (bicyclic) bond motifs is 1. The van der Waals surface area contributed by atoms with Crippen LogP contribution in [0.2, 0.25) is 0 Å². The van der Waals surface area contributed by atoms with E-state index in [2.05, 4.69) is 20.3 Å². The lowest BCUT2D eigenvalue weighted by molar-refractivity contribution is -0.128. The molecule has 14 heteroatoms. The van der Waals surface area contributed by atoms with Crippen molar-refractivity contribution in [1.29, 1.82) is 0 Å². The molecule has 1 heterocycles. The highest BCUT2D eigenvalue weighted by Crippen LogP contribution is 2.44. The van der Waals surface area contributed by atoms with Gasteiger partial charge in [-0.15, -0.1) is 4.40 Å². The summed E-state index contributed by atoms with van der Waals surface area (Å²) in [5.41, 5.74) is 9.18. The van der Waals surface area contributed by atoms with Gasteiger partial charge in [-0.3, -0.25) is 9.59 Å². The van der Waals surface area contributed by atoms with Crippen LogP contribution < -0.4 is 26.4 Å².